The first-order valence-corrected chi connectivity index (χ1v) is 4.22. The number of aliphatic hydroxyl groups is 2. The summed E-state index contributed by atoms with van der Waals surface area (Å²) < 4.78 is 4.93. The lowest BCUT2D eigenvalue weighted by atomic mass is 10.2. The van der Waals surface area contributed by atoms with Crippen molar-refractivity contribution in [3.63, 3.8) is 0 Å². The van der Waals surface area contributed by atoms with E-state index in [-0.39, 0.29) is 18.8 Å². The van der Waals surface area contributed by atoms with Crippen LogP contribution in [0.5, 0.6) is 0 Å². The highest BCUT2D eigenvalue weighted by Gasteiger charge is 2.07. The van der Waals surface area contributed by atoms with Crippen molar-refractivity contribution in [2.75, 3.05) is 26.9 Å². The van der Waals surface area contributed by atoms with Gasteiger partial charge in [-0.2, -0.15) is 0 Å². The normalized spacial score (nSPS) is 16.0. The van der Waals surface area contributed by atoms with Crippen molar-refractivity contribution in [3.05, 3.63) is 0 Å². The molecule has 0 aromatic carbocycles. The Bertz CT molecular complexity index is 92.3. The molecule has 0 rings (SSSR count). The zero-order valence-electron chi connectivity index (χ0n) is 7.79. The minimum absolute atomic E-state index is 0.134. The van der Waals surface area contributed by atoms with Crippen LogP contribution < -0.4 is 5.32 Å². The topological polar surface area (TPSA) is 61.7 Å². The summed E-state index contributed by atoms with van der Waals surface area (Å²) in [6, 6.07) is 0.134. The van der Waals surface area contributed by atoms with Gasteiger partial charge in [-0.15, -0.1) is 0 Å². The fourth-order valence-corrected chi connectivity index (χ4v) is 0.939. The zero-order valence-corrected chi connectivity index (χ0v) is 7.79. The molecular formula is C8H19NO3. The van der Waals surface area contributed by atoms with Gasteiger partial charge in [0, 0.05) is 26.3 Å². The molecule has 0 aromatic rings. The molecule has 0 heterocycles. The third-order valence-corrected chi connectivity index (χ3v) is 1.55. The Balaban J connectivity index is 3.48. The monoisotopic (exact) mass is 177 g/mol. The number of hydrogen-bond donors (Lipinski definition) is 3. The Hall–Kier alpha value is -0.160. The second-order valence-electron chi connectivity index (χ2n) is 2.92. The summed E-state index contributed by atoms with van der Waals surface area (Å²) in [5.74, 6) is 0. The molecule has 2 unspecified atom stereocenters. The fraction of sp³-hybridized carbons (Fsp3) is 1.00. The van der Waals surface area contributed by atoms with Crippen LogP contribution in [0.25, 0.3) is 0 Å². The van der Waals surface area contributed by atoms with Gasteiger partial charge in [-0.1, -0.05) is 0 Å². The van der Waals surface area contributed by atoms with Crippen LogP contribution in [0.1, 0.15) is 13.3 Å². The lowest BCUT2D eigenvalue weighted by Crippen LogP contribution is -2.38. The molecule has 4 heteroatoms. The average molecular weight is 177 g/mol. The number of hydrogen-bond acceptors (Lipinski definition) is 4. The van der Waals surface area contributed by atoms with E-state index in [2.05, 4.69) is 5.32 Å². The van der Waals surface area contributed by atoms with Crippen molar-refractivity contribution >= 4 is 0 Å². The molecule has 4 nitrogen and oxygen atoms in total. The van der Waals surface area contributed by atoms with Gasteiger partial charge >= 0.3 is 0 Å². The quantitative estimate of drug-likeness (QED) is 0.484. The first kappa shape index (κ1) is 11.8. The molecule has 0 aliphatic carbocycles. The largest absolute Gasteiger partial charge is 0.396 e. The van der Waals surface area contributed by atoms with E-state index < -0.39 is 0 Å². The molecule has 0 saturated carbocycles. The van der Waals surface area contributed by atoms with Crippen molar-refractivity contribution in [1.82, 2.24) is 5.32 Å². The predicted octanol–water partition coefficient (Wildman–Crippen LogP) is -0.646. The van der Waals surface area contributed by atoms with Gasteiger partial charge in [0.2, 0.25) is 0 Å². The third-order valence-electron chi connectivity index (χ3n) is 1.55. The molecule has 12 heavy (non-hydrogen) atoms. The lowest BCUT2D eigenvalue weighted by molar-refractivity contribution is 0.132. The highest BCUT2D eigenvalue weighted by Crippen LogP contribution is 1.92. The van der Waals surface area contributed by atoms with Gasteiger partial charge in [0.15, 0.2) is 0 Å². The Kier molecular flexibility index (Phi) is 7.39. The second kappa shape index (κ2) is 7.49. The summed E-state index contributed by atoms with van der Waals surface area (Å²) in [7, 11) is 1.62. The standard InChI is InChI=1S/C8H19NO3/c1-7(11)5-9-8(3-4-10)6-12-2/h7-11H,3-6H2,1-2H3. The summed E-state index contributed by atoms with van der Waals surface area (Å²) in [6.07, 6.45) is 0.295. The van der Waals surface area contributed by atoms with Crippen LogP contribution in [0.3, 0.4) is 0 Å². The van der Waals surface area contributed by atoms with Crippen molar-refractivity contribution in [2.24, 2.45) is 0 Å². The van der Waals surface area contributed by atoms with Gasteiger partial charge in [-0.3, -0.25) is 0 Å². The van der Waals surface area contributed by atoms with E-state index in [1.54, 1.807) is 14.0 Å². The summed E-state index contributed by atoms with van der Waals surface area (Å²) in [5, 5.41) is 20.7. The van der Waals surface area contributed by atoms with E-state index in [1.165, 1.54) is 0 Å². The average Bonchev–Trinajstić information content (AvgIpc) is 2.01. The van der Waals surface area contributed by atoms with Gasteiger partial charge in [0.25, 0.3) is 0 Å². The number of ether oxygens (including phenoxy) is 1. The first-order chi connectivity index (χ1) is 5.70. The number of aliphatic hydroxyl groups excluding tert-OH is 2. The highest BCUT2D eigenvalue weighted by molar-refractivity contribution is 4.66. The molecule has 74 valence electrons. The summed E-state index contributed by atoms with van der Waals surface area (Å²) >= 11 is 0. The number of methoxy groups -OCH3 is 1. The summed E-state index contributed by atoms with van der Waals surface area (Å²) in [5.41, 5.74) is 0. The van der Waals surface area contributed by atoms with Crippen molar-refractivity contribution < 1.29 is 14.9 Å². The van der Waals surface area contributed by atoms with Gasteiger partial charge in [-0.05, 0) is 13.3 Å². The highest BCUT2D eigenvalue weighted by atomic mass is 16.5. The molecule has 0 radical (unpaired) electrons. The summed E-state index contributed by atoms with van der Waals surface area (Å²) in [4.78, 5) is 0. The molecule has 2 atom stereocenters. The Morgan fingerprint density at radius 2 is 2.17 bits per heavy atom. The van der Waals surface area contributed by atoms with Crippen molar-refractivity contribution in [3.8, 4) is 0 Å². The smallest absolute Gasteiger partial charge is 0.0636 e. The summed E-state index contributed by atoms with van der Waals surface area (Å²) in [6.45, 7) is 2.96. The van der Waals surface area contributed by atoms with Crippen LogP contribution in [0.2, 0.25) is 0 Å². The molecule has 0 saturated heterocycles. The van der Waals surface area contributed by atoms with Crippen LogP contribution in [0.15, 0.2) is 0 Å². The van der Waals surface area contributed by atoms with E-state index in [4.69, 9.17) is 14.9 Å². The van der Waals surface area contributed by atoms with Gasteiger partial charge < -0.3 is 20.3 Å². The van der Waals surface area contributed by atoms with E-state index >= 15 is 0 Å². The van der Waals surface area contributed by atoms with Gasteiger partial charge in [0.1, 0.15) is 0 Å². The van der Waals surface area contributed by atoms with Crippen LogP contribution in [-0.4, -0.2) is 49.2 Å². The Morgan fingerprint density at radius 1 is 1.50 bits per heavy atom. The van der Waals surface area contributed by atoms with Crippen molar-refractivity contribution in [1.29, 1.82) is 0 Å². The minimum atomic E-state index is -0.358. The maximum Gasteiger partial charge on any atom is 0.0636 e. The van der Waals surface area contributed by atoms with E-state index in [0.717, 1.165) is 0 Å². The van der Waals surface area contributed by atoms with Crippen LogP contribution >= 0.6 is 0 Å². The van der Waals surface area contributed by atoms with Crippen molar-refractivity contribution in [2.45, 2.75) is 25.5 Å². The molecule has 0 fully saturated rings. The first-order valence-electron chi connectivity index (χ1n) is 4.22. The molecule has 0 bridgehead atoms. The van der Waals surface area contributed by atoms with Crippen LogP contribution in [0, 0.1) is 0 Å². The number of nitrogens with one attached hydrogen (secondary N) is 1. The maximum absolute atomic E-state index is 8.97. The molecule has 0 aliphatic heterocycles. The van der Waals surface area contributed by atoms with E-state index in [0.29, 0.717) is 19.6 Å². The molecule has 0 aliphatic rings. The Morgan fingerprint density at radius 3 is 2.58 bits per heavy atom. The second-order valence-corrected chi connectivity index (χ2v) is 2.92. The molecule has 0 spiro atoms. The van der Waals surface area contributed by atoms with Crippen LogP contribution in [-0.2, 0) is 4.74 Å². The number of rotatable bonds is 7. The SMILES string of the molecule is COCC(CCO)NCC(C)O. The van der Waals surface area contributed by atoms with E-state index in [9.17, 15) is 0 Å². The van der Waals surface area contributed by atoms with Gasteiger partial charge in [0.05, 0.1) is 12.7 Å². The maximum atomic E-state index is 8.97. The Labute approximate surface area is 73.5 Å². The van der Waals surface area contributed by atoms with Gasteiger partial charge in [-0.25, -0.2) is 0 Å². The fourth-order valence-electron chi connectivity index (χ4n) is 0.939. The molecule has 3 N–H and O–H groups in total. The van der Waals surface area contributed by atoms with E-state index in [1.807, 2.05) is 0 Å². The zero-order chi connectivity index (χ0) is 9.40. The predicted molar refractivity (Wildman–Crippen MR) is 47.1 cm³/mol. The van der Waals surface area contributed by atoms with Crippen LogP contribution in [0.4, 0.5) is 0 Å². The molecule has 0 amide bonds. The third kappa shape index (κ3) is 6.54. The molecule has 0 aromatic heterocycles. The molecular weight excluding hydrogens is 158 g/mol. The minimum Gasteiger partial charge on any atom is -0.396 e. The lowest BCUT2D eigenvalue weighted by Gasteiger charge is -2.17.